The average molecular weight is 259 g/mol. The van der Waals surface area contributed by atoms with E-state index in [1.807, 2.05) is 13.0 Å². The Morgan fingerprint density at radius 2 is 2.11 bits per heavy atom. The molecule has 0 aromatic heterocycles. The second-order valence-electron chi connectivity index (χ2n) is 5.54. The molecule has 1 aliphatic rings. The predicted octanol–water partition coefficient (Wildman–Crippen LogP) is 3.33. The van der Waals surface area contributed by atoms with Gasteiger partial charge in [0.2, 0.25) is 0 Å². The molecule has 2 heteroatoms. The number of piperidine rings is 1. The molecular formula is C17H25NO. The lowest BCUT2D eigenvalue weighted by Gasteiger charge is -2.35. The van der Waals surface area contributed by atoms with Crippen LogP contribution in [0.3, 0.4) is 0 Å². The van der Waals surface area contributed by atoms with Crippen molar-refractivity contribution in [3.63, 3.8) is 0 Å². The molecule has 1 N–H and O–H groups in total. The Bertz CT molecular complexity index is 386. The zero-order valence-corrected chi connectivity index (χ0v) is 11.8. The fourth-order valence-electron chi connectivity index (χ4n) is 2.85. The third-order valence-corrected chi connectivity index (χ3v) is 3.81. The molecule has 1 heterocycles. The van der Waals surface area contributed by atoms with Crippen LogP contribution in [0.4, 0.5) is 0 Å². The Labute approximate surface area is 116 Å². The fraction of sp³-hybridized carbons (Fsp3) is 0.529. The van der Waals surface area contributed by atoms with Crippen LogP contribution >= 0.6 is 0 Å². The Kier molecular flexibility index (Phi) is 5.62. The molecule has 1 aromatic carbocycles. The minimum atomic E-state index is -0.191. The van der Waals surface area contributed by atoms with Crippen molar-refractivity contribution in [2.24, 2.45) is 0 Å². The van der Waals surface area contributed by atoms with Gasteiger partial charge in [0.25, 0.3) is 0 Å². The molecule has 19 heavy (non-hydrogen) atoms. The Balaban J connectivity index is 1.87. The molecule has 0 aliphatic carbocycles. The highest BCUT2D eigenvalue weighted by Gasteiger charge is 2.22. The SMILES string of the molecule is CC(O)CC1CCCCN1C/C=C/c1ccccc1. The maximum atomic E-state index is 9.58. The summed E-state index contributed by atoms with van der Waals surface area (Å²) in [6.07, 6.45) is 8.96. The summed E-state index contributed by atoms with van der Waals surface area (Å²) in [5.41, 5.74) is 1.26. The van der Waals surface area contributed by atoms with E-state index >= 15 is 0 Å². The molecule has 0 amide bonds. The van der Waals surface area contributed by atoms with Crippen molar-refractivity contribution in [2.75, 3.05) is 13.1 Å². The van der Waals surface area contributed by atoms with E-state index in [9.17, 15) is 5.11 Å². The van der Waals surface area contributed by atoms with Gasteiger partial charge in [-0.1, -0.05) is 48.9 Å². The summed E-state index contributed by atoms with van der Waals surface area (Å²) < 4.78 is 0. The number of nitrogens with zero attached hydrogens (tertiary/aromatic N) is 1. The monoisotopic (exact) mass is 259 g/mol. The molecule has 2 rings (SSSR count). The zero-order chi connectivity index (χ0) is 13.5. The standard InChI is InChI=1S/C17H25NO/c1-15(19)14-17-11-5-6-12-18(17)13-7-10-16-8-3-2-4-9-16/h2-4,7-10,15,17,19H,5-6,11-14H2,1H3/b10-7+. The Morgan fingerprint density at radius 1 is 1.32 bits per heavy atom. The van der Waals surface area contributed by atoms with Gasteiger partial charge in [0.05, 0.1) is 6.10 Å². The van der Waals surface area contributed by atoms with E-state index in [1.54, 1.807) is 0 Å². The summed E-state index contributed by atoms with van der Waals surface area (Å²) in [6, 6.07) is 11.0. The molecule has 0 saturated carbocycles. The van der Waals surface area contributed by atoms with Crippen molar-refractivity contribution in [2.45, 2.75) is 44.8 Å². The number of hydrogen-bond donors (Lipinski definition) is 1. The number of likely N-dealkylation sites (tertiary alicyclic amines) is 1. The quantitative estimate of drug-likeness (QED) is 0.877. The van der Waals surface area contributed by atoms with Crippen LogP contribution in [0.1, 0.15) is 38.2 Å². The van der Waals surface area contributed by atoms with Gasteiger partial charge in [-0.15, -0.1) is 0 Å². The van der Waals surface area contributed by atoms with Gasteiger partial charge >= 0.3 is 0 Å². The lowest BCUT2D eigenvalue weighted by Crippen LogP contribution is -2.41. The first-order valence-corrected chi connectivity index (χ1v) is 7.39. The summed E-state index contributed by atoms with van der Waals surface area (Å²) >= 11 is 0. The van der Waals surface area contributed by atoms with E-state index in [4.69, 9.17) is 0 Å². The smallest absolute Gasteiger partial charge is 0.0527 e. The summed E-state index contributed by atoms with van der Waals surface area (Å²) in [5.74, 6) is 0. The van der Waals surface area contributed by atoms with E-state index in [-0.39, 0.29) is 6.10 Å². The summed E-state index contributed by atoms with van der Waals surface area (Å²) in [4.78, 5) is 2.51. The van der Waals surface area contributed by atoms with Crippen LogP contribution in [0.25, 0.3) is 6.08 Å². The van der Waals surface area contributed by atoms with E-state index in [2.05, 4.69) is 41.3 Å². The highest BCUT2D eigenvalue weighted by molar-refractivity contribution is 5.48. The van der Waals surface area contributed by atoms with Gasteiger partial charge in [0.15, 0.2) is 0 Å². The number of rotatable bonds is 5. The van der Waals surface area contributed by atoms with Gasteiger partial charge in [-0.2, -0.15) is 0 Å². The molecular weight excluding hydrogens is 234 g/mol. The van der Waals surface area contributed by atoms with E-state index in [1.165, 1.54) is 24.8 Å². The molecule has 104 valence electrons. The van der Waals surface area contributed by atoms with Crippen LogP contribution in [-0.4, -0.2) is 35.2 Å². The lowest BCUT2D eigenvalue weighted by atomic mass is 9.97. The molecule has 0 spiro atoms. The Hall–Kier alpha value is -1.12. The highest BCUT2D eigenvalue weighted by atomic mass is 16.3. The average Bonchev–Trinajstić information content (AvgIpc) is 2.41. The van der Waals surface area contributed by atoms with Crippen LogP contribution < -0.4 is 0 Å². The van der Waals surface area contributed by atoms with Crippen molar-refractivity contribution in [1.82, 2.24) is 4.90 Å². The van der Waals surface area contributed by atoms with Gasteiger partial charge < -0.3 is 5.11 Å². The highest BCUT2D eigenvalue weighted by Crippen LogP contribution is 2.20. The van der Waals surface area contributed by atoms with Gasteiger partial charge in [-0.3, -0.25) is 4.90 Å². The topological polar surface area (TPSA) is 23.5 Å². The van der Waals surface area contributed by atoms with Crippen molar-refractivity contribution in [3.8, 4) is 0 Å². The van der Waals surface area contributed by atoms with Crippen LogP contribution in [0.2, 0.25) is 0 Å². The molecule has 0 bridgehead atoms. The van der Waals surface area contributed by atoms with Gasteiger partial charge in [-0.25, -0.2) is 0 Å². The molecule has 1 aliphatic heterocycles. The van der Waals surface area contributed by atoms with Gasteiger partial charge in [0, 0.05) is 12.6 Å². The second kappa shape index (κ2) is 7.46. The number of benzene rings is 1. The number of aliphatic hydroxyl groups is 1. The summed E-state index contributed by atoms with van der Waals surface area (Å²) in [6.45, 7) is 4.05. The second-order valence-corrected chi connectivity index (χ2v) is 5.54. The van der Waals surface area contributed by atoms with Gasteiger partial charge in [-0.05, 0) is 38.3 Å². The maximum absolute atomic E-state index is 9.58. The lowest BCUT2D eigenvalue weighted by molar-refractivity contribution is 0.0953. The predicted molar refractivity (Wildman–Crippen MR) is 81.0 cm³/mol. The molecule has 2 nitrogen and oxygen atoms in total. The first-order valence-electron chi connectivity index (χ1n) is 7.39. The Morgan fingerprint density at radius 3 is 2.84 bits per heavy atom. The molecule has 0 radical (unpaired) electrons. The zero-order valence-electron chi connectivity index (χ0n) is 11.8. The molecule has 1 fully saturated rings. The van der Waals surface area contributed by atoms with Crippen LogP contribution in [0.15, 0.2) is 36.4 Å². The molecule has 2 atom stereocenters. The summed E-state index contributed by atoms with van der Waals surface area (Å²) in [5, 5.41) is 9.58. The molecule has 2 unspecified atom stereocenters. The first-order chi connectivity index (χ1) is 9.25. The van der Waals surface area contributed by atoms with E-state index < -0.39 is 0 Å². The van der Waals surface area contributed by atoms with Crippen LogP contribution in [-0.2, 0) is 0 Å². The number of hydrogen-bond acceptors (Lipinski definition) is 2. The normalized spacial score (nSPS) is 22.7. The van der Waals surface area contributed by atoms with Crippen LogP contribution in [0.5, 0.6) is 0 Å². The van der Waals surface area contributed by atoms with Crippen molar-refractivity contribution < 1.29 is 5.11 Å². The number of aliphatic hydroxyl groups excluding tert-OH is 1. The summed E-state index contributed by atoms with van der Waals surface area (Å²) in [7, 11) is 0. The fourth-order valence-corrected chi connectivity index (χ4v) is 2.85. The molecule has 1 aromatic rings. The van der Waals surface area contributed by atoms with E-state index in [0.29, 0.717) is 6.04 Å². The van der Waals surface area contributed by atoms with Gasteiger partial charge in [0.1, 0.15) is 0 Å². The van der Waals surface area contributed by atoms with Crippen LogP contribution in [0, 0.1) is 0 Å². The van der Waals surface area contributed by atoms with E-state index in [0.717, 1.165) is 19.5 Å². The largest absolute Gasteiger partial charge is 0.393 e. The minimum Gasteiger partial charge on any atom is -0.393 e. The third-order valence-electron chi connectivity index (χ3n) is 3.81. The third kappa shape index (κ3) is 4.81. The maximum Gasteiger partial charge on any atom is 0.0527 e. The van der Waals surface area contributed by atoms with Crippen molar-refractivity contribution in [3.05, 3.63) is 42.0 Å². The van der Waals surface area contributed by atoms with Crippen molar-refractivity contribution >= 4 is 6.08 Å². The molecule has 1 saturated heterocycles. The minimum absolute atomic E-state index is 0.191. The van der Waals surface area contributed by atoms with Crippen molar-refractivity contribution in [1.29, 1.82) is 0 Å². The first kappa shape index (κ1) is 14.3.